The first-order chi connectivity index (χ1) is 9.77. The van der Waals surface area contributed by atoms with E-state index in [0.717, 1.165) is 55.5 Å². The molecule has 0 heterocycles. The molecule has 1 aromatic carbocycles. The van der Waals surface area contributed by atoms with Gasteiger partial charge in [0.1, 0.15) is 5.75 Å². The van der Waals surface area contributed by atoms with E-state index in [1.807, 2.05) is 25.1 Å². The summed E-state index contributed by atoms with van der Waals surface area (Å²) in [6, 6.07) is 5.74. The van der Waals surface area contributed by atoms with E-state index in [0.29, 0.717) is 6.61 Å². The second-order valence-electron chi connectivity index (χ2n) is 4.68. The zero-order valence-corrected chi connectivity index (χ0v) is 13.3. The fourth-order valence-electron chi connectivity index (χ4n) is 1.85. The Morgan fingerprint density at radius 3 is 2.70 bits per heavy atom. The predicted molar refractivity (Wildman–Crippen MR) is 84.7 cm³/mol. The average Bonchev–Trinajstić information content (AvgIpc) is 2.44. The van der Waals surface area contributed by atoms with Crippen molar-refractivity contribution in [3.63, 3.8) is 0 Å². The number of hydrogen-bond acceptors (Lipinski definition) is 3. The molecule has 0 aliphatic rings. The molecule has 0 bridgehead atoms. The largest absolute Gasteiger partial charge is 0.494 e. The van der Waals surface area contributed by atoms with Gasteiger partial charge in [-0.15, -0.1) is 0 Å². The zero-order valence-electron chi connectivity index (χ0n) is 12.6. The van der Waals surface area contributed by atoms with Crippen LogP contribution in [0.2, 0.25) is 5.02 Å². The van der Waals surface area contributed by atoms with Crippen LogP contribution in [0.5, 0.6) is 5.75 Å². The van der Waals surface area contributed by atoms with E-state index < -0.39 is 0 Å². The van der Waals surface area contributed by atoms with Gasteiger partial charge in [-0.2, -0.15) is 0 Å². The van der Waals surface area contributed by atoms with Crippen molar-refractivity contribution in [1.29, 1.82) is 0 Å². The number of nitrogens with one attached hydrogen (secondary N) is 1. The van der Waals surface area contributed by atoms with Crippen molar-refractivity contribution in [2.24, 2.45) is 0 Å². The first-order valence-electron chi connectivity index (χ1n) is 7.47. The summed E-state index contributed by atoms with van der Waals surface area (Å²) in [5.74, 6) is 0.906. The molecule has 4 heteroatoms. The minimum atomic E-state index is 0.667. The van der Waals surface area contributed by atoms with Crippen molar-refractivity contribution in [1.82, 2.24) is 5.32 Å². The smallest absolute Gasteiger partial charge is 0.123 e. The number of halogens is 1. The highest BCUT2D eigenvalue weighted by Gasteiger charge is 2.04. The summed E-state index contributed by atoms with van der Waals surface area (Å²) >= 11 is 6.02. The highest BCUT2D eigenvalue weighted by Crippen LogP contribution is 2.22. The van der Waals surface area contributed by atoms with Crippen molar-refractivity contribution in [2.75, 3.05) is 26.4 Å². The van der Waals surface area contributed by atoms with Crippen molar-refractivity contribution in [3.05, 3.63) is 28.8 Å². The lowest BCUT2D eigenvalue weighted by atomic mass is 10.2. The third-order valence-corrected chi connectivity index (χ3v) is 3.16. The van der Waals surface area contributed by atoms with Gasteiger partial charge in [0.2, 0.25) is 0 Å². The van der Waals surface area contributed by atoms with Crippen LogP contribution >= 0.6 is 11.6 Å². The van der Waals surface area contributed by atoms with Gasteiger partial charge in [0.05, 0.1) is 6.61 Å². The molecule has 0 aliphatic carbocycles. The monoisotopic (exact) mass is 299 g/mol. The van der Waals surface area contributed by atoms with E-state index in [2.05, 4.69) is 12.2 Å². The minimum absolute atomic E-state index is 0.667. The predicted octanol–water partition coefficient (Wildman–Crippen LogP) is 4.04. The van der Waals surface area contributed by atoms with E-state index >= 15 is 0 Å². The number of ether oxygens (including phenoxy) is 2. The number of benzene rings is 1. The Bertz CT molecular complexity index is 371. The van der Waals surface area contributed by atoms with Gasteiger partial charge >= 0.3 is 0 Å². The second-order valence-corrected chi connectivity index (χ2v) is 5.12. The summed E-state index contributed by atoms with van der Waals surface area (Å²) in [7, 11) is 0. The topological polar surface area (TPSA) is 30.5 Å². The van der Waals surface area contributed by atoms with Crippen LogP contribution < -0.4 is 10.1 Å². The quantitative estimate of drug-likeness (QED) is 0.626. The molecule has 0 atom stereocenters. The van der Waals surface area contributed by atoms with Crippen molar-refractivity contribution < 1.29 is 9.47 Å². The fraction of sp³-hybridized carbons (Fsp3) is 0.625. The summed E-state index contributed by atoms with van der Waals surface area (Å²) in [5, 5.41) is 4.14. The zero-order chi connectivity index (χ0) is 14.6. The Labute approximate surface area is 127 Å². The van der Waals surface area contributed by atoms with Gasteiger partial charge < -0.3 is 14.8 Å². The number of rotatable bonds is 11. The Morgan fingerprint density at radius 2 is 1.95 bits per heavy atom. The van der Waals surface area contributed by atoms with Crippen LogP contribution in [0.3, 0.4) is 0 Å². The fourth-order valence-corrected chi connectivity index (χ4v) is 2.05. The molecular weight excluding hydrogens is 274 g/mol. The maximum Gasteiger partial charge on any atom is 0.123 e. The molecule has 3 nitrogen and oxygen atoms in total. The molecule has 1 N–H and O–H groups in total. The maximum atomic E-state index is 6.02. The Kier molecular flexibility index (Phi) is 9.46. The third-order valence-electron chi connectivity index (χ3n) is 2.92. The SMILES string of the molecule is CCCCOCCCNCc1cc(Cl)ccc1OCC. The summed E-state index contributed by atoms with van der Waals surface area (Å²) in [4.78, 5) is 0. The molecular formula is C16H26ClNO2. The second kappa shape index (κ2) is 11.0. The summed E-state index contributed by atoms with van der Waals surface area (Å²) < 4.78 is 11.1. The molecule has 0 spiro atoms. The van der Waals surface area contributed by atoms with Crippen LogP contribution in [0.4, 0.5) is 0 Å². The van der Waals surface area contributed by atoms with Gasteiger partial charge in [0.25, 0.3) is 0 Å². The first kappa shape index (κ1) is 17.3. The molecule has 0 radical (unpaired) electrons. The number of hydrogen-bond donors (Lipinski definition) is 1. The maximum absolute atomic E-state index is 6.02. The lowest BCUT2D eigenvalue weighted by Gasteiger charge is -2.11. The van der Waals surface area contributed by atoms with Gasteiger partial charge in [-0.25, -0.2) is 0 Å². The van der Waals surface area contributed by atoms with E-state index in [9.17, 15) is 0 Å². The lowest BCUT2D eigenvalue weighted by Crippen LogP contribution is -2.17. The average molecular weight is 300 g/mol. The molecule has 114 valence electrons. The Balaban J connectivity index is 2.22. The lowest BCUT2D eigenvalue weighted by molar-refractivity contribution is 0.128. The highest BCUT2D eigenvalue weighted by molar-refractivity contribution is 6.30. The Hall–Kier alpha value is -0.770. The van der Waals surface area contributed by atoms with Gasteiger partial charge in [-0.3, -0.25) is 0 Å². The van der Waals surface area contributed by atoms with Crippen molar-refractivity contribution >= 4 is 11.6 Å². The molecule has 0 fully saturated rings. The summed E-state index contributed by atoms with van der Waals surface area (Å²) in [6.45, 7) is 8.22. The summed E-state index contributed by atoms with van der Waals surface area (Å²) in [6.07, 6.45) is 3.36. The van der Waals surface area contributed by atoms with Gasteiger partial charge in [0.15, 0.2) is 0 Å². The molecule has 0 saturated heterocycles. The van der Waals surface area contributed by atoms with E-state index in [1.165, 1.54) is 6.42 Å². The third kappa shape index (κ3) is 7.13. The normalized spacial score (nSPS) is 10.8. The van der Waals surface area contributed by atoms with Gasteiger partial charge in [-0.05, 0) is 44.5 Å². The first-order valence-corrected chi connectivity index (χ1v) is 7.85. The van der Waals surface area contributed by atoms with E-state index in [-0.39, 0.29) is 0 Å². The van der Waals surface area contributed by atoms with Crippen LogP contribution in [0, 0.1) is 0 Å². The van der Waals surface area contributed by atoms with Crippen LogP contribution in [0.1, 0.15) is 38.7 Å². The standard InChI is InChI=1S/C16H26ClNO2/c1-3-5-10-19-11-6-9-18-13-14-12-15(17)7-8-16(14)20-4-2/h7-8,12,18H,3-6,9-11,13H2,1-2H3. The summed E-state index contributed by atoms with van der Waals surface area (Å²) in [5.41, 5.74) is 1.10. The van der Waals surface area contributed by atoms with E-state index in [4.69, 9.17) is 21.1 Å². The van der Waals surface area contributed by atoms with Crippen LogP contribution in [-0.4, -0.2) is 26.4 Å². The van der Waals surface area contributed by atoms with Crippen LogP contribution in [0.15, 0.2) is 18.2 Å². The van der Waals surface area contributed by atoms with Gasteiger partial charge in [-0.1, -0.05) is 24.9 Å². The minimum Gasteiger partial charge on any atom is -0.494 e. The van der Waals surface area contributed by atoms with Crippen LogP contribution in [-0.2, 0) is 11.3 Å². The molecule has 0 aliphatic heterocycles. The van der Waals surface area contributed by atoms with Gasteiger partial charge in [0, 0.05) is 30.3 Å². The van der Waals surface area contributed by atoms with Crippen molar-refractivity contribution in [3.8, 4) is 5.75 Å². The molecule has 0 unspecified atom stereocenters. The van der Waals surface area contributed by atoms with Crippen molar-refractivity contribution in [2.45, 2.75) is 39.7 Å². The molecule has 1 aromatic rings. The molecule has 20 heavy (non-hydrogen) atoms. The molecule has 0 aromatic heterocycles. The molecule has 0 amide bonds. The number of unbranched alkanes of at least 4 members (excludes halogenated alkanes) is 1. The Morgan fingerprint density at radius 1 is 1.15 bits per heavy atom. The van der Waals surface area contributed by atoms with Crippen LogP contribution in [0.25, 0.3) is 0 Å². The molecule has 0 saturated carbocycles. The van der Waals surface area contributed by atoms with E-state index in [1.54, 1.807) is 0 Å². The highest BCUT2D eigenvalue weighted by atomic mass is 35.5. The molecule has 1 rings (SSSR count).